The summed E-state index contributed by atoms with van der Waals surface area (Å²) < 4.78 is 0. The highest BCUT2D eigenvalue weighted by molar-refractivity contribution is 5.66. The Kier molecular flexibility index (Phi) is 3.66. The van der Waals surface area contributed by atoms with Crippen LogP contribution >= 0.6 is 0 Å². The first-order valence-corrected chi connectivity index (χ1v) is 6.15. The van der Waals surface area contributed by atoms with Crippen molar-refractivity contribution in [1.82, 2.24) is 9.97 Å². The number of rotatable bonds is 3. The predicted octanol–water partition coefficient (Wildman–Crippen LogP) is 2.46. The van der Waals surface area contributed by atoms with Crippen LogP contribution < -0.4 is 16.2 Å². The molecule has 0 spiro atoms. The maximum absolute atomic E-state index is 5.49. The molecule has 100 valence electrons. The number of hydrazine groups is 1. The summed E-state index contributed by atoms with van der Waals surface area (Å²) in [5.41, 5.74) is 5.85. The van der Waals surface area contributed by atoms with E-state index in [9.17, 15) is 0 Å². The molecule has 0 radical (unpaired) electrons. The number of benzene rings is 1. The molecule has 3 N–H and O–H groups in total. The molecule has 19 heavy (non-hydrogen) atoms. The molecule has 0 fully saturated rings. The second-order valence-electron chi connectivity index (χ2n) is 4.61. The van der Waals surface area contributed by atoms with Crippen molar-refractivity contribution in [3.63, 3.8) is 0 Å². The van der Waals surface area contributed by atoms with Crippen LogP contribution in [-0.4, -0.2) is 17.0 Å². The van der Waals surface area contributed by atoms with Crippen molar-refractivity contribution in [2.45, 2.75) is 20.8 Å². The van der Waals surface area contributed by atoms with Crippen molar-refractivity contribution < 1.29 is 0 Å². The number of hydrogen-bond acceptors (Lipinski definition) is 5. The molecule has 0 saturated carbocycles. The van der Waals surface area contributed by atoms with Gasteiger partial charge in [-0.2, -0.15) is 0 Å². The average Bonchev–Trinajstić information content (AvgIpc) is 2.41. The highest BCUT2D eigenvalue weighted by atomic mass is 15.3. The van der Waals surface area contributed by atoms with Crippen molar-refractivity contribution in [3.05, 3.63) is 41.2 Å². The van der Waals surface area contributed by atoms with Gasteiger partial charge in [0.1, 0.15) is 17.5 Å². The largest absolute Gasteiger partial charge is 0.329 e. The van der Waals surface area contributed by atoms with Crippen molar-refractivity contribution in [2.75, 3.05) is 17.4 Å². The molecule has 0 aliphatic heterocycles. The molecule has 1 aromatic carbocycles. The lowest BCUT2D eigenvalue weighted by Crippen LogP contribution is -2.18. The van der Waals surface area contributed by atoms with Gasteiger partial charge in [-0.15, -0.1) is 0 Å². The Morgan fingerprint density at radius 1 is 1.05 bits per heavy atom. The van der Waals surface area contributed by atoms with Crippen LogP contribution in [-0.2, 0) is 0 Å². The summed E-state index contributed by atoms with van der Waals surface area (Å²) in [5.74, 6) is 7.68. The third-order valence-corrected chi connectivity index (χ3v) is 3.11. The zero-order valence-corrected chi connectivity index (χ0v) is 11.7. The minimum absolute atomic E-state index is 0.654. The third kappa shape index (κ3) is 2.66. The summed E-state index contributed by atoms with van der Waals surface area (Å²) >= 11 is 0. The van der Waals surface area contributed by atoms with Crippen LogP contribution in [0.4, 0.5) is 17.3 Å². The average molecular weight is 257 g/mol. The number of anilines is 3. The molecule has 0 aliphatic carbocycles. The normalized spacial score (nSPS) is 10.4. The summed E-state index contributed by atoms with van der Waals surface area (Å²) in [4.78, 5) is 10.8. The minimum atomic E-state index is 0.654. The Bertz CT molecular complexity index is 577. The van der Waals surface area contributed by atoms with Gasteiger partial charge in [-0.25, -0.2) is 15.8 Å². The summed E-state index contributed by atoms with van der Waals surface area (Å²) in [7, 11) is 1.99. The highest BCUT2D eigenvalue weighted by Crippen LogP contribution is 2.28. The molecule has 5 heteroatoms. The van der Waals surface area contributed by atoms with Crippen LogP contribution in [0, 0.1) is 20.8 Å². The first kappa shape index (κ1) is 13.3. The van der Waals surface area contributed by atoms with Crippen LogP contribution in [0.15, 0.2) is 24.3 Å². The van der Waals surface area contributed by atoms with E-state index in [2.05, 4.69) is 46.6 Å². The molecule has 0 bridgehead atoms. The van der Waals surface area contributed by atoms with Crippen LogP contribution in [0.3, 0.4) is 0 Å². The van der Waals surface area contributed by atoms with Gasteiger partial charge in [0.15, 0.2) is 0 Å². The van der Waals surface area contributed by atoms with Gasteiger partial charge in [0, 0.05) is 18.3 Å². The van der Waals surface area contributed by atoms with Crippen LogP contribution in [0.2, 0.25) is 0 Å². The first-order valence-electron chi connectivity index (χ1n) is 6.15. The number of hydrogen-bond donors (Lipinski definition) is 2. The highest BCUT2D eigenvalue weighted by Gasteiger charge is 2.13. The van der Waals surface area contributed by atoms with Gasteiger partial charge in [0.05, 0.1) is 0 Å². The van der Waals surface area contributed by atoms with E-state index in [-0.39, 0.29) is 0 Å². The van der Waals surface area contributed by atoms with Gasteiger partial charge < -0.3 is 10.3 Å². The predicted molar refractivity (Wildman–Crippen MR) is 78.6 cm³/mol. The molecule has 1 heterocycles. The number of nitrogens with zero attached hydrogens (tertiary/aromatic N) is 3. The molecule has 0 saturated heterocycles. The maximum atomic E-state index is 5.49. The van der Waals surface area contributed by atoms with Gasteiger partial charge in [-0.3, -0.25) is 0 Å². The van der Waals surface area contributed by atoms with E-state index >= 15 is 0 Å². The van der Waals surface area contributed by atoms with Crippen molar-refractivity contribution in [2.24, 2.45) is 5.84 Å². The second kappa shape index (κ2) is 5.24. The Hall–Kier alpha value is -2.14. The van der Waals surface area contributed by atoms with Crippen LogP contribution in [0.1, 0.15) is 17.0 Å². The van der Waals surface area contributed by atoms with Crippen molar-refractivity contribution in [3.8, 4) is 0 Å². The lowest BCUT2D eigenvalue weighted by atomic mass is 10.2. The lowest BCUT2D eigenvalue weighted by Gasteiger charge is -2.22. The second-order valence-corrected chi connectivity index (χ2v) is 4.61. The van der Waals surface area contributed by atoms with E-state index in [1.54, 1.807) is 0 Å². The zero-order chi connectivity index (χ0) is 14.0. The van der Waals surface area contributed by atoms with E-state index in [0.717, 1.165) is 17.1 Å². The molecule has 0 atom stereocenters. The Balaban J connectivity index is 2.46. The monoisotopic (exact) mass is 257 g/mol. The molecule has 0 amide bonds. The maximum Gasteiger partial charge on any atom is 0.148 e. The third-order valence-electron chi connectivity index (χ3n) is 3.11. The van der Waals surface area contributed by atoms with Crippen molar-refractivity contribution in [1.29, 1.82) is 0 Å². The van der Waals surface area contributed by atoms with E-state index in [4.69, 9.17) is 5.84 Å². The fourth-order valence-electron chi connectivity index (χ4n) is 1.97. The quantitative estimate of drug-likeness (QED) is 0.653. The molecular formula is C14H19N5. The van der Waals surface area contributed by atoms with E-state index in [0.29, 0.717) is 11.6 Å². The molecular weight excluding hydrogens is 238 g/mol. The fourth-order valence-corrected chi connectivity index (χ4v) is 1.97. The SMILES string of the molecule is Cc1ccc(N(C)c2nc(C)nc(NN)c2C)cc1. The molecule has 2 rings (SSSR count). The zero-order valence-electron chi connectivity index (χ0n) is 11.7. The summed E-state index contributed by atoms with van der Waals surface area (Å²) in [6.45, 7) is 5.88. The standard InChI is InChI=1S/C14H19N5/c1-9-5-7-12(8-6-9)19(4)14-10(2)13(18-15)16-11(3)17-14/h5-8H,15H2,1-4H3,(H,16,17,18). The Morgan fingerprint density at radius 2 is 1.68 bits per heavy atom. The first-order chi connectivity index (χ1) is 9.02. The van der Waals surface area contributed by atoms with Gasteiger partial charge in [-0.1, -0.05) is 17.7 Å². The number of aromatic nitrogens is 2. The molecule has 2 aromatic rings. The Labute approximate surface area is 113 Å². The minimum Gasteiger partial charge on any atom is -0.329 e. The van der Waals surface area contributed by atoms with Crippen LogP contribution in [0.5, 0.6) is 0 Å². The Morgan fingerprint density at radius 3 is 2.26 bits per heavy atom. The summed E-state index contributed by atoms with van der Waals surface area (Å²) in [6, 6.07) is 8.30. The van der Waals surface area contributed by atoms with E-state index in [1.165, 1.54) is 5.56 Å². The van der Waals surface area contributed by atoms with E-state index in [1.807, 2.05) is 25.8 Å². The van der Waals surface area contributed by atoms with Gasteiger partial charge >= 0.3 is 0 Å². The van der Waals surface area contributed by atoms with E-state index < -0.39 is 0 Å². The number of nitrogen functional groups attached to an aromatic ring is 1. The molecule has 0 unspecified atom stereocenters. The number of nitrogens with one attached hydrogen (secondary N) is 1. The molecule has 1 aromatic heterocycles. The number of aryl methyl sites for hydroxylation is 2. The lowest BCUT2D eigenvalue weighted by molar-refractivity contribution is 0.986. The fraction of sp³-hybridized carbons (Fsp3) is 0.286. The smallest absolute Gasteiger partial charge is 0.148 e. The van der Waals surface area contributed by atoms with Gasteiger partial charge in [0.2, 0.25) is 0 Å². The molecule has 5 nitrogen and oxygen atoms in total. The molecule has 0 aliphatic rings. The van der Waals surface area contributed by atoms with Crippen molar-refractivity contribution >= 4 is 17.3 Å². The van der Waals surface area contributed by atoms with Gasteiger partial charge in [-0.05, 0) is 32.9 Å². The topological polar surface area (TPSA) is 67.1 Å². The summed E-state index contributed by atoms with van der Waals surface area (Å²) in [5, 5.41) is 0. The number of nitrogens with two attached hydrogens (primary N) is 1. The van der Waals surface area contributed by atoms with Gasteiger partial charge in [0.25, 0.3) is 0 Å². The van der Waals surface area contributed by atoms with Crippen LogP contribution in [0.25, 0.3) is 0 Å². The summed E-state index contributed by atoms with van der Waals surface area (Å²) in [6.07, 6.45) is 0.